The number of pyridine rings is 1. The van der Waals surface area contributed by atoms with E-state index in [1.807, 2.05) is 0 Å². The van der Waals surface area contributed by atoms with E-state index in [0.717, 1.165) is 0 Å². The van der Waals surface area contributed by atoms with Gasteiger partial charge in [-0.15, -0.1) is 0 Å². The number of hydrogen-bond acceptors (Lipinski definition) is 4. The van der Waals surface area contributed by atoms with Gasteiger partial charge in [-0.25, -0.2) is 4.98 Å². The van der Waals surface area contributed by atoms with Gasteiger partial charge in [0.15, 0.2) is 0 Å². The molecule has 0 aliphatic carbocycles. The molecule has 1 amide bonds. The number of aliphatic hydroxyl groups is 1. The standard InChI is InChI=1S/C11H13F3N2O3/c1-19-9-8(3-2-4-15-9)10(18)16(5-6-17)7-11(12,13)14/h2-4,17H,5-7H2,1H3. The van der Waals surface area contributed by atoms with Crippen LogP contribution in [0.15, 0.2) is 18.3 Å². The Kier molecular flexibility index (Phi) is 5.11. The summed E-state index contributed by atoms with van der Waals surface area (Å²) >= 11 is 0. The van der Waals surface area contributed by atoms with Crippen LogP contribution in [0, 0.1) is 0 Å². The van der Waals surface area contributed by atoms with Crippen LogP contribution in [0.1, 0.15) is 10.4 Å². The number of nitrogens with zero attached hydrogens (tertiary/aromatic N) is 2. The zero-order valence-electron chi connectivity index (χ0n) is 10.1. The fraction of sp³-hybridized carbons (Fsp3) is 0.455. The number of carbonyl (C=O) groups is 1. The third-order valence-corrected chi connectivity index (χ3v) is 2.22. The Labute approximate surface area is 107 Å². The number of carbonyl (C=O) groups excluding carboxylic acids is 1. The monoisotopic (exact) mass is 278 g/mol. The SMILES string of the molecule is COc1ncccc1C(=O)N(CCO)CC(F)(F)F. The van der Waals surface area contributed by atoms with E-state index >= 15 is 0 Å². The molecular weight excluding hydrogens is 265 g/mol. The summed E-state index contributed by atoms with van der Waals surface area (Å²) in [5.74, 6) is -0.950. The molecule has 1 aromatic rings. The van der Waals surface area contributed by atoms with Gasteiger partial charge in [-0.05, 0) is 12.1 Å². The lowest BCUT2D eigenvalue weighted by Crippen LogP contribution is -2.40. The summed E-state index contributed by atoms with van der Waals surface area (Å²) in [6.07, 6.45) is -3.18. The summed E-state index contributed by atoms with van der Waals surface area (Å²) in [6.45, 7) is -2.43. The van der Waals surface area contributed by atoms with Crippen LogP contribution in [0.4, 0.5) is 13.2 Å². The number of ether oxygens (including phenoxy) is 1. The highest BCUT2D eigenvalue weighted by Gasteiger charge is 2.33. The number of aliphatic hydroxyl groups excluding tert-OH is 1. The summed E-state index contributed by atoms with van der Waals surface area (Å²) in [7, 11) is 1.26. The van der Waals surface area contributed by atoms with Crippen molar-refractivity contribution in [1.82, 2.24) is 9.88 Å². The van der Waals surface area contributed by atoms with E-state index in [9.17, 15) is 18.0 Å². The van der Waals surface area contributed by atoms with E-state index in [-0.39, 0.29) is 11.4 Å². The number of halogens is 3. The van der Waals surface area contributed by atoms with Crippen LogP contribution in [0.3, 0.4) is 0 Å². The molecule has 0 aromatic carbocycles. The van der Waals surface area contributed by atoms with Crippen LogP contribution in [-0.4, -0.2) is 53.9 Å². The molecule has 0 bridgehead atoms. The van der Waals surface area contributed by atoms with Gasteiger partial charge in [-0.1, -0.05) is 0 Å². The second kappa shape index (κ2) is 6.37. The van der Waals surface area contributed by atoms with Crippen LogP contribution < -0.4 is 4.74 Å². The number of aromatic nitrogens is 1. The molecular formula is C11H13F3N2O3. The molecule has 0 saturated heterocycles. The summed E-state index contributed by atoms with van der Waals surface area (Å²) < 4.78 is 41.9. The van der Waals surface area contributed by atoms with Crippen molar-refractivity contribution in [3.63, 3.8) is 0 Å². The van der Waals surface area contributed by atoms with E-state index in [1.54, 1.807) is 0 Å². The Bertz CT molecular complexity index is 437. The van der Waals surface area contributed by atoms with Crippen molar-refractivity contribution in [1.29, 1.82) is 0 Å². The second-order valence-corrected chi connectivity index (χ2v) is 3.63. The molecule has 1 rings (SSSR count). The molecule has 8 heteroatoms. The number of amides is 1. The third kappa shape index (κ3) is 4.40. The quantitative estimate of drug-likeness (QED) is 0.875. The molecule has 19 heavy (non-hydrogen) atoms. The number of methoxy groups -OCH3 is 1. The van der Waals surface area contributed by atoms with Crippen LogP contribution in [0.25, 0.3) is 0 Å². The summed E-state index contributed by atoms with van der Waals surface area (Å²) in [6, 6.07) is 2.73. The highest BCUT2D eigenvalue weighted by molar-refractivity contribution is 5.96. The maximum absolute atomic E-state index is 12.4. The molecule has 0 spiro atoms. The van der Waals surface area contributed by atoms with E-state index < -0.39 is 31.8 Å². The number of alkyl halides is 3. The minimum Gasteiger partial charge on any atom is -0.480 e. The van der Waals surface area contributed by atoms with Crippen molar-refractivity contribution in [2.45, 2.75) is 6.18 Å². The van der Waals surface area contributed by atoms with E-state index in [1.165, 1.54) is 25.4 Å². The molecule has 0 saturated carbocycles. The fourth-order valence-corrected chi connectivity index (χ4v) is 1.48. The van der Waals surface area contributed by atoms with Crippen LogP contribution in [0.5, 0.6) is 5.88 Å². The minimum absolute atomic E-state index is 0.0578. The van der Waals surface area contributed by atoms with Crippen molar-refractivity contribution in [3.8, 4) is 5.88 Å². The van der Waals surface area contributed by atoms with Gasteiger partial charge in [-0.3, -0.25) is 4.79 Å². The van der Waals surface area contributed by atoms with Gasteiger partial charge in [0, 0.05) is 12.7 Å². The van der Waals surface area contributed by atoms with Crippen LogP contribution in [0.2, 0.25) is 0 Å². The predicted octanol–water partition coefficient (Wildman–Crippen LogP) is 1.09. The average Bonchev–Trinajstić information content (AvgIpc) is 2.36. The first-order chi connectivity index (χ1) is 8.89. The maximum Gasteiger partial charge on any atom is 0.406 e. The topological polar surface area (TPSA) is 62.7 Å². The van der Waals surface area contributed by atoms with E-state index in [2.05, 4.69) is 4.98 Å². The van der Waals surface area contributed by atoms with Gasteiger partial charge in [0.25, 0.3) is 5.91 Å². The molecule has 0 aliphatic rings. The van der Waals surface area contributed by atoms with Gasteiger partial charge < -0.3 is 14.7 Å². The lowest BCUT2D eigenvalue weighted by molar-refractivity contribution is -0.141. The summed E-state index contributed by atoms with van der Waals surface area (Å²) in [5.41, 5.74) is -0.0808. The van der Waals surface area contributed by atoms with Gasteiger partial charge in [0.1, 0.15) is 12.1 Å². The van der Waals surface area contributed by atoms with E-state index in [0.29, 0.717) is 4.90 Å². The van der Waals surface area contributed by atoms with Crippen LogP contribution >= 0.6 is 0 Å². The lowest BCUT2D eigenvalue weighted by Gasteiger charge is -2.23. The highest BCUT2D eigenvalue weighted by Crippen LogP contribution is 2.21. The molecule has 5 nitrogen and oxygen atoms in total. The zero-order chi connectivity index (χ0) is 14.5. The molecule has 106 valence electrons. The molecule has 0 fully saturated rings. The Balaban J connectivity index is 2.99. The summed E-state index contributed by atoms with van der Waals surface area (Å²) in [5, 5.41) is 8.75. The van der Waals surface area contributed by atoms with Crippen molar-refractivity contribution in [3.05, 3.63) is 23.9 Å². The second-order valence-electron chi connectivity index (χ2n) is 3.63. The maximum atomic E-state index is 12.4. The smallest absolute Gasteiger partial charge is 0.406 e. The fourth-order valence-electron chi connectivity index (χ4n) is 1.48. The Morgan fingerprint density at radius 1 is 1.53 bits per heavy atom. The molecule has 1 heterocycles. The highest BCUT2D eigenvalue weighted by atomic mass is 19.4. The normalized spacial score (nSPS) is 11.2. The Morgan fingerprint density at radius 3 is 2.74 bits per heavy atom. The predicted molar refractivity (Wildman–Crippen MR) is 59.8 cm³/mol. The Morgan fingerprint density at radius 2 is 2.21 bits per heavy atom. The first kappa shape index (κ1) is 15.2. The molecule has 1 aromatic heterocycles. The first-order valence-corrected chi connectivity index (χ1v) is 5.35. The molecule has 0 atom stereocenters. The van der Waals surface area contributed by atoms with Gasteiger partial charge >= 0.3 is 6.18 Å². The lowest BCUT2D eigenvalue weighted by atomic mass is 10.2. The molecule has 0 aliphatic heterocycles. The minimum atomic E-state index is -4.54. The largest absolute Gasteiger partial charge is 0.480 e. The average molecular weight is 278 g/mol. The van der Waals surface area contributed by atoms with Crippen molar-refractivity contribution in [2.24, 2.45) is 0 Å². The van der Waals surface area contributed by atoms with Crippen molar-refractivity contribution >= 4 is 5.91 Å². The van der Waals surface area contributed by atoms with Gasteiger partial charge in [0.05, 0.1) is 13.7 Å². The Hall–Kier alpha value is -1.83. The van der Waals surface area contributed by atoms with E-state index in [4.69, 9.17) is 9.84 Å². The van der Waals surface area contributed by atoms with Crippen LogP contribution in [-0.2, 0) is 0 Å². The molecule has 1 N–H and O–H groups in total. The molecule has 0 radical (unpaired) electrons. The molecule has 0 unspecified atom stereocenters. The van der Waals surface area contributed by atoms with Crippen molar-refractivity contribution < 1.29 is 27.8 Å². The van der Waals surface area contributed by atoms with Gasteiger partial charge in [-0.2, -0.15) is 13.2 Å². The zero-order valence-corrected chi connectivity index (χ0v) is 10.1. The van der Waals surface area contributed by atoms with Gasteiger partial charge in [0.2, 0.25) is 5.88 Å². The number of rotatable bonds is 5. The third-order valence-electron chi connectivity index (χ3n) is 2.22. The first-order valence-electron chi connectivity index (χ1n) is 5.35. The van der Waals surface area contributed by atoms with Crippen molar-refractivity contribution in [2.75, 3.05) is 26.8 Å². The number of hydrogen-bond donors (Lipinski definition) is 1. The summed E-state index contributed by atoms with van der Waals surface area (Å²) in [4.78, 5) is 16.2.